The highest BCUT2D eigenvalue weighted by Gasteiger charge is 2.15. The number of nitrogens with zero attached hydrogens (tertiary/aromatic N) is 1. The van der Waals surface area contributed by atoms with Crippen molar-refractivity contribution >= 4 is 33.2 Å². The van der Waals surface area contributed by atoms with Crippen molar-refractivity contribution in [2.24, 2.45) is 0 Å². The number of aryl methyl sites for hydroxylation is 1. The lowest BCUT2D eigenvalue weighted by Gasteiger charge is -2.11. The molecule has 2 rings (SSSR count). The Morgan fingerprint density at radius 1 is 1.12 bits per heavy atom. The predicted molar refractivity (Wildman–Crippen MR) is 104 cm³/mol. The lowest BCUT2D eigenvalue weighted by molar-refractivity contribution is 0.0951. The van der Waals surface area contributed by atoms with Crippen molar-refractivity contribution in [3.8, 4) is 0 Å². The van der Waals surface area contributed by atoms with Crippen LogP contribution in [-0.4, -0.2) is 46.4 Å². The average Bonchev–Trinajstić information content (AvgIpc) is 2.57. The van der Waals surface area contributed by atoms with Gasteiger partial charge in [0.1, 0.15) is 0 Å². The zero-order valence-corrected chi connectivity index (χ0v) is 16.5. The summed E-state index contributed by atoms with van der Waals surface area (Å²) in [6.45, 7) is 3.08. The first-order valence-corrected chi connectivity index (χ1v) is 9.87. The standard InChI is InChI=1S/C18H22ClN3O3S/c1-13-4-7-15(12-17(13)19)21-26(24,25)16-8-5-14(6-9-16)18(23)20-10-11-22(2)3/h4-9,12,21H,10-11H2,1-3H3,(H,20,23). The Morgan fingerprint density at radius 3 is 2.35 bits per heavy atom. The van der Waals surface area contributed by atoms with Crippen LogP contribution in [0.15, 0.2) is 47.4 Å². The molecule has 0 saturated heterocycles. The molecule has 1 amide bonds. The molecule has 0 unspecified atom stereocenters. The van der Waals surface area contributed by atoms with Crippen molar-refractivity contribution < 1.29 is 13.2 Å². The normalized spacial score (nSPS) is 11.4. The van der Waals surface area contributed by atoms with Crippen molar-refractivity contribution in [2.75, 3.05) is 31.9 Å². The summed E-state index contributed by atoms with van der Waals surface area (Å²) < 4.78 is 27.4. The molecule has 0 aliphatic heterocycles. The number of rotatable bonds is 7. The topological polar surface area (TPSA) is 78.5 Å². The Labute approximate surface area is 159 Å². The number of carbonyl (C=O) groups excluding carboxylic acids is 1. The molecule has 0 fully saturated rings. The highest BCUT2D eigenvalue weighted by atomic mass is 35.5. The van der Waals surface area contributed by atoms with Gasteiger partial charge in [-0.25, -0.2) is 8.42 Å². The zero-order valence-electron chi connectivity index (χ0n) is 14.9. The SMILES string of the molecule is Cc1ccc(NS(=O)(=O)c2ccc(C(=O)NCCN(C)C)cc2)cc1Cl. The predicted octanol–water partition coefficient (Wildman–Crippen LogP) is 2.74. The minimum atomic E-state index is -3.76. The van der Waals surface area contributed by atoms with Crippen LogP contribution in [-0.2, 0) is 10.0 Å². The summed E-state index contributed by atoms with van der Waals surface area (Å²) in [5, 5.41) is 3.26. The van der Waals surface area contributed by atoms with E-state index in [2.05, 4.69) is 10.0 Å². The van der Waals surface area contributed by atoms with E-state index in [0.717, 1.165) is 12.1 Å². The van der Waals surface area contributed by atoms with Gasteiger partial charge in [-0.1, -0.05) is 17.7 Å². The van der Waals surface area contributed by atoms with Gasteiger partial charge in [0.05, 0.1) is 10.6 Å². The highest BCUT2D eigenvalue weighted by molar-refractivity contribution is 7.92. The van der Waals surface area contributed by atoms with Gasteiger partial charge in [-0.05, 0) is 63.0 Å². The summed E-state index contributed by atoms with van der Waals surface area (Å²) in [4.78, 5) is 14.1. The Balaban J connectivity index is 2.08. The molecule has 0 bridgehead atoms. The fourth-order valence-corrected chi connectivity index (χ4v) is 3.38. The number of likely N-dealkylation sites (N-methyl/N-ethyl adjacent to an activating group) is 1. The first-order chi connectivity index (χ1) is 12.2. The minimum Gasteiger partial charge on any atom is -0.351 e. The van der Waals surface area contributed by atoms with E-state index in [-0.39, 0.29) is 10.8 Å². The van der Waals surface area contributed by atoms with Gasteiger partial charge >= 0.3 is 0 Å². The largest absolute Gasteiger partial charge is 0.351 e. The molecule has 0 atom stereocenters. The number of amides is 1. The summed E-state index contributed by atoms with van der Waals surface area (Å²) in [6.07, 6.45) is 0. The number of hydrogen-bond donors (Lipinski definition) is 2. The van der Waals surface area contributed by atoms with Crippen molar-refractivity contribution in [3.63, 3.8) is 0 Å². The summed E-state index contributed by atoms with van der Waals surface area (Å²) >= 11 is 6.02. The number of hydrogen-bond acceptors (Lipinski definition) is 4. The number of nitrogens with one attached hydrogen (secondary N) is 2. The highest BCUT2D eigenvalue weighted by Crippen LogP contribution is 2.22. The van der Waals surface area contributed by atoms with Gasteiger partial charge in [-0.2, -0.15) is 0 Å². The monoisotopic (exact) mass is 395 g/mol. The van der Waals surface area contributed by atoms with Crippen LogP contribution in [0.2, 0.25) is 5.02 Å². The number of carbonyl (C=O) groups is 1. The zero-order chi connectivity index (χ0) is 19.3. The van der Waals surface area contributed by atoms with E-state index in [9.17, 15) is 13.2 Å². The number of halogens is 1. The second-order valence-corrected chi connectivity index (χ2v) is 8.24. The van der Waals surface area contributed by atoms with Crippen molar-refractivity contribution in [1.29, 1.82) is 0 Å². The summed E-state index contributed by atoms with van der Waals surface area (Å²) in [7, 11) is 0.0728. The summed E-state index contributed by atoms with van der Waals surface area (Å²) in [5.41, 5.74) is 1.64. The average molecular weight is 396 g/mol. The molecule has 6 nitrogen and oxygen atoms in total. The van der Waals surface area contributed by atoms with Crippen LogP contribution in [0.4, 0.5) is 5.69 Å². The molecule has 2 N–H and O–H groups in total. The van der Waals surface area contributed by atoms with E-state index < -0.39 is 10.0 Å². The van der Waals surface area contributed by atoms with Gasteiger partial charge in [0.2, 0.25) is 0 Å². The number of anilines is 1. The molecule has 0 heterocycles. The second kappa shape index (κ2) is 8.53. The van der Waals surface area contributed by atoms with Crippen LogP contribution in [0.5, 0.6) is 0 Å². The second-order valence-electron chi connectivity index (χ2n) is 6.15. The molecule has 0 spiro atoms. The third-order valence-electron chi connectivity index (χ3n) is 3.70. The van der Waals surface area contributed by atoms with E-state index in [1.54, 1.807) is 18.2 Å². The van der Waals surface area contributed by atoms with Gasteiger partial charge in [0.25, 0.3) is 15.9 Å². The Hall–Kier alpha value is -2.09. The fraction of sp³-hybridized carbons (Fsp3) is 0.278. The quantitative estimate of drug-likeness (QED) is 0.755. The molecule has 2 aromatic carbocycles. The smallest absolute Gasteiger partial charge is 0.261 e. The van der Waals surface area contributed by atoms with Crippen molar-refractivity contribution in [1.82, 2.24) is 10.2 Å². The van der Waals surface area contributed by atoms with Crippen molar-refractivity contribution in [2.45, 2.75) is 11.8 Å². The van der Waals surface area contributed by atoms with Gasteiger partial charge in [-0.15, -0.1) is 0 Å². The molecular formula is C18H22ClN3O3S. The number of sulfonamides is 1. The lowest BCUT2D eigenvalue weighted by atomic mass is 10.2. The maximum atomic E-state index is 12.5. The lowest BCUT2D eigenvalue weighted by Crippen LogP contribution is -2.31. The first-order valence-electron chi connectivity index (χ1n) is 8.01. The molecule has 0 aliphatic carbocycles. The molecular weight excluding hydrogens is 374 g/mol. The Morgan fingerprint density at radius 2 is 1.77 bits per heavy atom. The number of benzene rings is 2. The molecule has 26 heavy (non-hydrogen) atoms. The van der Waals surface area contributed by atoms with E-state index in [1.165, 1.54) is 24.3 Å². The van der Waals surface area contributed by atoms with Crippen LogP contribution in [0.1, 0.15) is 15.9 Å². The van der Waals surface area contributed by atoms with Crippen LogP contribution in [0.3, 0.4) is 0 Å². The molecule has 0 radical (unpaired) electrons. The molecule has 8 heteroatoms. The van der Waals surface area contributed by atoms with E-state index >= 15 is 0 Å². The summed E-state index contributed by atoms with van der Waals surface area (Å²) in [6, 6.07) is 10.7. The van der Waals surface area contributed by atoms with Crippen LogP contribution >= 0.6 is 11.6 Å². The van der Waals surface area contributed by atoms with Crippen LogP contribution < -0.4 is 10.0 Å². The fourth-order valence-electron chi connectivity index (χ4n) is 2.15. The van der Waals surface area contributed by atoms with Crippen LogP contribution in [0, 0.1) is 6.92 Å². The summed E-state index contributed by atoms with van der Waals surface area (Å²) in [5.74, 6) is -0.242. The minimum absolute atomic E-state index is 0.0686. The molecule has 0 saturated carbocycles. The maximum Gasteiger partial charge on any atom is 0.261 e. The van der Waals surface area contributed by atoms with Crippen LogP contribution in [0.25, 0.3) is 0 Å². The van der Waals surface area contributed by atoms with Gasteiger partial charge in [0.15, 0.2) is 0 Å². The van der Waals surface area contributed by atoms with Gasteiger partial charge in [-0.3, -0.25) is 9.52 Å². The van der Waals surface area contributed by atoms with E-state index in [4.69, 9.17) is 11.6 Å². The third-order valence-corrected chi connectivity index (χ3v) is 5.50. The van der Waals surface area contributed by atoms with Crippen molar-refractivity contribution in [3.05, 3.63) is 58.6 Å². The third kappa shape index (κ3) is 5.45. The van der Waals surface area contributed by atoms with E-state index in [0.29, 0.717) is 22.8 Å². The molecule has 0 aliphatic rings. The Kier molecular flexibility index (Phi) is 6.63. The maximum absolute atomic E-state index is 12.5. The van der Waals surface area contributed by atoms with Gasteiger partial charge < -0.3 is 10.2 Å². The first kappa shape index (κ1) is 20.2. The Bertz CT molecular complexity index is 881. The molecule has 2 aromatic rings. The molecule has 0 aromatic heterocycles. The molecule has 140 valence electrons. The van der Waals surface area contributed by atoms with E-state index in [1.807, 2.05) is 25.9 Å². The van der Waals surface area contributed by atoms with Gasteiger partial charge in [0, 0.05) is 23.7 Å².